The molecule has 3 rings (SSSR count). The second-order valence-electron chi connectivity index (χ2n) is 7.04. The van der Waals surface area contributed by atoms with Crippen LogP contribution < -0.4 is 9.54 Å². The number of carbonyl (C=O) groups is 2. The summed E-state index contributed by atoms with van der Waals surface area (Å²) in [5.41, 5.74) is 1.93. The van der Waals surface area contributed by atoms with E-state index in [0.717, 1.165) is 21.7 Å². The molecule has 1 heterocycles. The predicted octanol–water partition coefficient (Wildman–Crippen LogP) is 4.77. The van der Waals surface area contributed by atoms with Crippen molar-refractivity contribution in [3.8, 4) is 5.75 Å². The molecule has 0 atom stereocenters. The lowest BCUT2D eigenvalue weighted by molar-refractivity contribution is 0.0526. The molecular formula is C23H26N2O4S2. The fourth-order valence-electron chi connectivity index (χ4n) is 3.00. The zero-order valence-electron chi connectivity index (χ0n) is 18.1. The van der Waals surface area contributed by atoms with Crippen LogP contribution in [0.3, 0.4) is 0 Å². The number of aryl methyl sites for hydroxylation is 1. The van der Waals surface area contributed by atoms with Crippen LogP contribution in [0.15, 0.2) is 47.5 Å². The van der Waals surface area contributed by atoms with Crippen LogP contribution in [0.2, 0.25) is 0 Å². The topological polar surface area (TPSA) is 69.9 Å². The van der Waals surface area contributed by atoms with E-state index in [1.807, 2.05) is 30.7 Å². The largest absolute Gasteiger partial charge is 0.491 e. The van der Waals surface area contributed by atoms with Gasteiger partial charge >= 0.3 is 5.97 Å². The molecule has 0 radical (unpaired) electrons. The standard InChI is InChI=1S/C23H26N2O4S2/c1-5-28-22(27)17-8-11-19-20(14-17)31-23(25(19)12-13-30-4)24-21(26)16-6-9-18(10-7-16)29-15(2)3/h6-11,14-15H,5,12-13H2,1-4H3. The van der Waals surface area contributed by atoms with Gasteiger partial charge in [0, 0.05) is 17.9 Å². The van der Waals surface area contributed by atoms with Gasteiger partial charge in [-0.05, 0) is 69.5 Å². The summed E-state index contributed by atoms with van der Waals surface area (Å²) in [5.74, 6) is 0.932. The van der Waals surface area contributed by atoms with E-state index >= 15 is 0 Å². The quantitative estimate of drug-likeness (QED) is 0.455. The summed E-state index contributed by atoms with van der Waals surface area (Å²) < 4.78 is 13.7. The minimum atomic E-state index is -0.355. The number of rotatable bonds is 8. The first-order valence-corrected chi connectivity index (χ1v) is 12.3. The second kappa shape index (κ2) is 10.6. The van der Waals surface area contributed by atoms with Crippen molar-refractivity contribution >= 4 is 45.2 Å². The lowest BCUT2D eigenvalue weighted by Gasteiger charge is -2.09. The Morgan fingerprint density at radius 2 is 1.84 bits per heavy atom. The maximum absolute atomic E-state index is 12.8. The number of aromatic nitrogens is 1. The number of amides is 1. The molecule has 164 valence electrons. The first-order chi connectivity index (χ1) is 14.9. The Labute approximate surface area is 189 Å². The third-order valence-corrected chi connectivity index (χ3v) is 6.02. The van der Waals surface area contributed by atoms with Gasteiger partial charge in [-0.1, -0.05) is 11.3 Å². The van der Waals surface area contributed by atoms with E-state index in [9.17, 15) is 9.59 Å². The monoisotopic (exact) mass is 458 g/mol. The fourth-order valence-corrected chi connectivity index (χ4v) is 4.46. The van der Waals surface area contributed by atoms with Crippen molar-refractivity contribution in [3.63, 3.8) is 0 Å². The molecule has 1 aromatic heterocycles. The molecule has 0 saturated carbocycles. The van der Waals surface area contributed by atoms with E-state index in [-0.39, 0.29) is 18.0 Å². The van der Waals surface area contributed by atoms with Gasteiger partial charge in [-0.15, -0.1) is 0 Å². The van der Waals surface area contributed by atoms with Crippen LogP contribution in [0.1, 0.15) is 41.5 Å². The van der Waals surface area contributed by atoms with Crippen LogP contribution >= 0.6 is 23.1 Å². The van der Waals surface area contributed by atoms with Crippen molar-refractivity contribution in [2.75, 3.05) is 18.6 Å². The number of hydrogen-bond donors (Lipinski definition) is 0. The Hall–Kier alpha value is -2.58. The van der Waals surface area contributed by atoms with Crippen LogP contribution in [0, 0.1) is 0 Å². The van der Waals surface area contributed by atoms with Gasteiger partial charge in [-0.25, -0.2) is 4.79 Å². The van der Waals surface area contributed by atoms with Crippen molar-refractivity contribution in [1.82, 2.24) is 4.57 Å². The summed E-state index contributed by atoms with van der Waals surface area (Å²) in [5, 5.41) is 0. The van der Waals surface area contributed by atoms with E-state index < -0.39 is 0 Å². The number of ether oxygens (including phenoxy) is 2. The predicted molar refractivity (Wildman–Crippen MR) is 126 cm³/mol. The van der Waals surface area contributed by atoms with Crippen molar-refractivity contribution in [1.29, 1.82) is 0 Å². The number of nitrogens with zero attached hydrogens (tertiary/aromatic N) is 2. The molecule has 1 amide bonds. The van der Waals surface area contributed by atoms with Crippen LogP contribution in [-0.2, 0) is 11.3 Å². The molecule has 8 heteroatoms. The number of fused-ring (bicyclic) bond motifs is 1. The highest BCUT2D eigenvalue weighted by atomic mass is 32.2. The Bertz CT molecular complexity index is 1130. The smallest absolute Gasteiger partial charge is 0.338 e. The van der Waals surface area contributed by atoms with Crippen LogP contribution in [0.4, 0.5) is 0 Å². The molecular weight excluding hydrogens is 432 g/mol. The SMILES string of the molecule is CCOC(=O)c1ccc2c(c1)sc(=NC(=O)c1ccc(OC(C)C)cc1)n2CCSC. The molecule has 0 saturated heterocycles. The molecule has 0 fully saturated rings. The summed E-state index contributed by atoms with van der Waals surface area (Å²) in [6.07, 6.45) is 2.11. The molecule has 0 bridgehead atoms. The summed E-state index contributed by atoms with van der Waals surface area (Å²) in [6, 6.07) is 12.4. The Morgan fingerprint density at radius 1 is 1.13 bits per heavy atom. The number of carbonyl (C=O) groups excluding carboxylic acids is 2. The minimum Gasteiger partial charge on any atom is -0.491 e. The molecule has 31 heavy (non-hydrogen) atoms. The molecule has 3 aromatic rings. The highest BCUT2D eigenvalue weighted by Crippen LogP contribution is 2.21. The molecule has 0 aliphatic rings. The minimum absolute atomic E-state index is 0.0691. The summed E-state index contributed by atoms with van der Waals surface area (Å²) in [6.45, 7) is 6.73. The van der Waals surface area contributed by atoms with Crippen LogP contribution in [0.25, 0.3) is 10.2 Å². The summed E-state index contributed by atoms with van der Waals surface area (Å²) in [4.78, 5) is 29.9. The van der Waals surface area contributed by atoms with Crippen LogP contribution in [-0.4, -0.2) is 41.2 Å². The summed E-state index contributed by atoms with van der Waals surface area (Å²) >= 11 is 3.11. The second-order valence-corrected chi connectivity index (χ2v) is 9.03. The maximum atomic E-state index is 12.8. The molecule has 2 aromatic carbocycles. The van der Waals surface area contributed by atoms with E-state index in [1.54, 1.807) is 55.1 Å². The first kappa shape index (κ1) is 23.1. The number of benzene rings is 2. The lowest BCUT2D eigenvalue weighted by Crippen LogP contribution is -2.18. The molecule has 0 N–H and O–H groups in total. The molecule has 6 nitrogen and oxygen atoms in total. The molecule has 0 aliphatic heterocycles. The highest BCUT2D eigenvalue weighted by molar-refractivity contribution is 7.98. The molecule has 0 spiro atoms. The lowest BCUT2D eigenvalue weighted by atomic mass is 10.2. The van der Waals surface area contributed by atoms with E-state index in [0.29, 0.717) is 29.1 Å². The number of hydrogen-bond acceptors (Lipinski definition) is 6. The Kier molecular flexibility index (Phi) is 7.92. The van der Waals surface area contributed by atoms with Crippen molar-refractivity contribution in [3.05, 3.63) is 58.4 Å². The third kappa shape index (κ3) is 5.77. The van der Waals surface area contributed by atoms with E-state index in [2.05, 4.69) is 4.99 Å². The van der Waals surface area contributed by atoms with Crippen LogP contribution in [0.5, 0.6) is 5.75 Å². The Morgan fingerprint density at radius 3 is 2.48 bits per heavy atom. The number of esters is 1. The van der Waals surface area contributed by atoms with Gasteiger partial charge in [0.15, 0.2) is 4.80 Å². The average molecular weight is 459 g/mol. The average Bonchev–Trinajstić information content (AvgIpc) is 3.08. The van der Waals surface area contributed by atoms with Crippen molar-refractivity contribution in [2.45, 2.75) is 33.4 Å². The van der Waals surface area contributed by atoms with Gasteiger partial charge in [0.1, 0.15) is 5.75 Å². The van der Waals surface area contributed by atoms with Crippen molar-refractivity contribution in [2.24, 2.45) is 4.99 Å². The zero-order chi connectivity index (χ0) is 22.4. The fraction of sp³-hybridized carbons (Fsp3) is 0.348. The van der Waals surface area contributed by atoms with Gasteiger partial charge in [0.05, 0.1) is 28.5 Å². The molecule has 0 unspecified atom stereocenters. The highest BCUT2D eigenvalue weighted by Gasteiger charge is 2.13. The van der Waals surface area contributed by atoms with Gasteiger partial charge in [0.25, 0.3) is 5.91 Å². The third-order valence-electron chi connectivity index (χ3n) is 4.38. The van der Waals surface area contributed by atoms with Gasteiger partial charge in [-0.3, -0.25) is 4.79 Å². The van der Waals surface area contributed by atoms with Gasteiger partial charge < -0.3 is 14.0 Å². The van der Waals surface area contributed by atoms with E-state index in [1.165, 1.54) is 11.3 Å². The van der Waals surface area contributed by atoms with Gasteiger partial charge in [0.2, 0.25) is 0 Å². The number of thioether (sulfide) groups is 1. The summed E-state index contributed by atoms with van der Waals surface area (Å²) in [7, 11) is 0. The molecule has 0 aliphatic carbocycles. The zero-order valence-corrected chi connectivity index (χ0v) is 19.7. The number of thiazole rings is 1. The normalized spacial score (nSPS) is 11.8. The van der Waals surface area contributed by atoms with Crippen molar-refractivity contribution < 1.29 is 19.1 Å². The van der Waals surface area contributed by atoms with Gasteiger partial charge in [-0.2, -0.15) is 16.8 Å². The Balaban J connectivity index is 1.99. The first-order valence-electron chi connectivity index (χ1n) is 10.1. The maximum Gasteiger partial charge on any atom is 0.338 e. The van der Waals surface area contributed by atoms with E-state index in [4.69, 9.17) is 9.47 Å².